The number of amides is 1. The van der Waals surface area contributed by atoms with Crippen molar-refractivity contribution in [2.75, 3.05) is 0 Å². The zero-order chi connectivity index (χ0) is 23.4. The van der Waals surface area contributed by atoms with E-state index in [1.165, 1.54) is 5.56 Å². The summed E-state index contributed by atoms with van der Waals surface area (Å²) < 4.78 is 5.17. The lowest BCUT2D eigenvalue weighted by Gasteiger charge is -2.57. The number of carbonyl (C=O) groups is 2. The number of hydrogen-bond acceptors (Lipinski definition) is 4. The topological polar surface area (TPSA) is 68.9 Å². The van der Waals surface area contributed by atoms with Crippen LogP contribution in [0.3, 0.4) is 0 Å². The van der Waals surface area contributed by atoms with Gasteiger partial charge in [-0.1, -0.05) is 12.1 Å². The monoisotopic (exact) mass is 472 g/mol. The number of hydrogen-bond donors (Lipinski definition) is 1. The van der Waals surface area contributed by atoms with Crippen molar-refractivity contribution in [3.8, 4) is 5.69 Å². The summed E-state index contributed by atoms with van der Waals surface area (Å²) in [6, 6.07) is 10.7. The van der Waals surface area contributed by atoms with Crippen molar-refractivity contribution >= 4 is 33.2 Å². The van der Waals surface area contributed by atoms with Crippen molar-refractivity contribution in [1.29, 1.82) is 0 Å². The molecule has 3 aromatic heterocycles. The molecule has 4 aromatic rings. The molecule has 2 fully saturated rings. The number of ketones is 1. The van der Waals surface area contributed by atoms with Gasteiger partial charge in [0, 0.05) is 36.3 Å². The Balaban J connectivity index is 1.14. The third-order valence-corrected chi connectivity index (χ3v) is 8.56. The van der Waals surface area contributed by atoms with E-state index in [-0.39, 0.29) is 17.9 Å². The van der Waals surface area contributed by atoms with Gasteiger partial charge in [-0.3, -0.25) is 9.59 Å². The maximum atomic E-state index is 13.1. The first-order valence-corrected chi connectivity index (χ1v) is 12.8. The van der Waals surface area contributed by atoms with Crippen molar-refractivity contribution < 1.29 is 9.59 Å². The molecule has 0 radical (unpaired) electrons. The normalized spacial score (nSPS) is 23.6. The average molecular weight is 473 g/mol. The van der Waals surface area contributed by atoms with E-state index in [1.807, 2.05) is 29.4 Å². The Hall–Kier alpha value is -3.19. The minimum absolute atomic E-state index is 0.0119. The number of nitrogens with zero attached hydrogens (tertiary/aromatic N) is 3. The Morgan fingerprint density at radius 1 is 1.15 bits per heavy atom. The van der Waals surface area contributed by atoms with E-state index in [0.717, 1.165) is 52.7 Å². The van der Waals surface area contributed by atoms with Gasteiger partial charge < -0.3 is 9.88 Å². The first-order chi connectivity index (χ1) is 16.4. The number of carbonyl (C=O) groups excluding carboxylic acids is 2. The third kappa shape index (κ3) is 3.68. The SMILES string of the molecule is CC(=O)C1CC2(CC(NC(=O)c3csc4ccn(Cc5ccc(-n6cc(C)cn6)cc5)c34)C2)C1. The molecule has 0 atom stereocenters. The zero-order valence-electron chi connectivity index (χ0n) is 19.5. The standard InChI is InChI=1S/C27H28N4O2S/c1-17-13-28-31(14-17)22-5-3-19(4-6-22)15-30-8-7-24-25(30)23(16-34-24)26(33)29-21-11-27(12-21)9-20(10-27)18(2)32/h3-8,13-14,16,20-21H,9-12,15H2,1-2H3,(H,29,33). The average Bonchev–Trinajstić information content (AvgIpc) is 3.47. The first-order valence-electron chi connectivity index (χ1n) is 11.9. The molecule has 0 unspecified atom stereocenters. The van der Waals surface area contributed by atoms with Gasteiger partial charge in [0.2, 0.25) is 0 Å². The molecule has 0 aliphatic heterocycles. The van der Waals surface area contributed by atoms with Gasteiger partial charge in [-0.15, -0.1) is 11.3 Å². The summed E-state index contributed by atoms with van der Waals surface area (Å²) in [6.45, 7) is 4.43. The molecular weight excluding hydrogens is 444 g/mol. The number of benzene rings is 1. The van der Waals surface area contributed by atoms with Gasteiger partial charge in [0.25, 0.3) is 5.91 Å². The maximum absolute atomic E-state index is 13.1. The molecule has 7 heteroatoms. The Kier molecular flexibility index (Phi) is 4.99. The van der Waals surface area contributed by atoms with E-state index in [0.29, 0.717) is 17.7 Å². The number of nitrogens with one attached hydrogen (secondary N) is 1. The molecule has 2 saturated carbocycles. The number of fused-ring (bicyclic) bond motifs is 1. The first kappa shape index (κ1) is 21.4. The van der Waals surface area contributed by atoms with Gasteiger partial charge in [0.1, 0.15) is 5.78 Å². The van der Waals surface area contributed by atoms with E-state index in [1.54, 1.807) is 18.3 Å². The summed E-state index contributed by atoms with van der Waals surface area (Å²) in [4.78, 5) is 24.7. The van der Waals surface area contributed by atoms with Crippen LogP contribution in [0.2, 0.25) is 0 Å². The fraction of sp³-hybridized carbons (Fsp3) is 0.370. The molecule has 2 aliphatic carbocycles. The summed E-state index contributed by atoms with van der Waals surface area (Å²) in [7, 11) is 0. The van der Waals surface area contributed by atoms with Crippen molar-refractivity contribution in [3.63, 3.8) is 0 Å². The molecule has 1 amide bonds. The summed E-state index contributed by atoms with van der Waals surface area (Å²) >= 11 is 1.62. The van der Waals surface area contributed by atoms with Crippen molar-refractivity contribution in [2.24, 2.45) is 11.3 Å². The highest BCUT2D eigenvalue weighted by Crippen LogP contribution is 2.58. The lowest BCUT2D eigenvalue weighted by molar-refractivity contribution is -0.134. The molecule has 174 valence electrons. The van der Waals surface area contributed by atoms with Crippen molar-refractivity contribution in [3.05, 3.63) is 71.0 Å². The Morgan fingerprint density at radius 3 is 2.59 bits per heavy atom. The van der Waals surface area contributed by atoms with Gasteiger partial charge in [0.15, 0.2) is 0 Å². The van der Waals surface area contributed by atoms with Gasteiger partial charge in [-0.05, 0) is 74.3 Å². The van der Waals surface area contributed by atoms with Crippen LogP contribution < -0.4 is 5.32 Å². The molecule has 3 heterocycles. The second kappa shape index (κ2) is 7.94. The molecule has 1 spiro atoms. The summed E-state index contributed by atoms with van der Waals surface area (Å²) in [5.74, 6) is 0.567. The van der Waals surface area contributed by atoms with Gasteiger partial charge in [-0.25, -0.2) is 4.68 Å². The van der Waals surface area contributed by atoms with Crippen LogP contribution in [0.15, 0.2) is 54.3 Å². The van der Waals surface area contributed by atoms with E-state index in [4.69, 9.17) is 0 Å². The molecule has 6 rings (SSSR count). The molecule has 34 heavy (non-hydrogen) atoms. The highest BCUT2D eigenvalue weighted by molar-refractivity contribution is 7.17. The smallest absolute Gasteiger partial charge is 0.254 e. The summed E-state index contributed by atoms with van der Waals surface area (Å²) in [5, 5.41) is 9.60. The minimum Gasteiger partial charge on any atom is -0.349 e. The number of rotatable bonds is 6. The van der Waals surface area contributed by atoms with E-state index < -0.39 is 0 Å². The highest BCUT2D eigenvalue weighted by Gasteiger charge is 2.54. The van der Waals surface area contributed by atoms with Crippen LogP contribution in [0, 0.1) is 18.3 Å². The van der Waals surface area contributed by atoms with Crippen LogP contribution in [0.4, 0.5) is 0 Å². The van der Waals surface area contributed by atoms with Gasteiger partial charge in [-0.2, -0.15) is 5.10 Å². The third-order valence-electron chi connectivity index (χ3n) is 7.62. The Labute approximate surface area is 202 Å². The van der Waals surface area contributed by atoms with Crippen LogP contribution in [0.1, 0.15) is 54.1 Å². The molecule has 1 aromatic carbocycles. The van der Waals surface area contributed by atoms with Crippen LogP contribution in [-0.2, 0) is 11.3 Å². The fourth-order valence-corrected chi connectivity index (χ4v) is 6.71. The van der Waals surface area contributed by atoms with Crippen LogP contribution >= 0.6 is 11.3 Å². The maximum Gasteiger partial charge on any atom is 0.254 e. The lowest BCUT2D eigenvalue weighted by atomic mass is 9.49. The van der Waals surface area contributed by atoms with Crippen LogP contribution in [-0.4, -0.2) is 32.1 Å². The van der Waals surface area contributed by atoms with Gasteiger partial charge >= 0.3 is 0 Å². The van der Waals surface area contributed by atoms with Crippen LogP contribution in [0.25, 0.3) is 15.9 Å². The largest absolute Gasteiger partial charge is 0.349 e. The quantitative estimate of drug-likeness (QED) is 0.423. The van der Waals surface area contributed by atoms with Crippen LogP contribution in [0.5, 0.6) is 0 Å². The number of Topliss-reactive ketones (excluding diaryl/α,β-unsaturated/α-hetero) is 1. The minimum atomic E-state index is 0.0119. The van der Waals surface area contributed by atoms with E-state index in [9.17, 15) is 9.59 Å². The lowest BCUT2D eigenvalue weighted by Crippen LogP contribution is -2.57. The van der Waals surface area contributed by atoms with Crippen molar-refractivity contribution in [1.82, 2.24) is 19.7 Å². The van der Waals surface area contributed by atoms with E-state index >= 15 is 0 Å². The molecule has 2 aliphatic rings. The Morgan fingerprint density at radius 2 is 1.91 bits per heavy atom. The fourth-order valence-electron chi connectivity index (χ4n) is 5.77. The second-order valence-corrected chi connectivity index (χ2v) is 11.1. The molecular formula is C27H28N4O2S. The second-order valence-electron chi connectivity index (χ2n) is 10.2. The molecule has 6 nitrogen and oxygen atoms in total. The summed E-state index contributed by atoms with van der Waals surface area (Å²) in [5.41, 5.74) is 5.40. The predicted octanol–water partition coefficient (Wildman–Crippen LogP) is 5.12. The predicted molar refractivity (Wildman–Crippen MR) is 134 cm³/mol. The number of thiophene rings is 1. The number of aromatic nitrogens is 3. The molecule has 0 saturated heterocycles. The van der Waals surface area contributed by atoms with E-state index in [2.05, 4.69) is 51.5 Å². The van der Waals surface area contributed by atoms with Crippen molar-refractivity contribution in [2.45, 2.75) is 52.1 Å². The molecule has 1 N–H and O–H groups in total. The van der Waals surface area contributed by atoms with Gasteiger partial charge in [0.05, 0.1) is 27.7 Å². The highest BCUT2D eigenvalue weighted by atomic mass is 32.1. The number of aryl methyl sites for hydroxylation is 1. The summed E-state index contributed by atoms with van der Waals surface area (Å²) in [6.07, 6.45) is 9.93. The Bertz CT molecular complexity index is 1380. The zero-order valence-corrected chi connectivity index (χ0v) is 20.3. The molecule has 0 bridgehead atoms.